The first kappa shape index (κ1) is 20.6. The van der Waals surface area contributed by atoms with Crippen LogP contribution < -0.4 is 4.74 Å². The zero-order valence-electron chi connectivity index (χ0n) is 18.5. The van der Waals surface area contributed by atoms with E-state index in [1.165, 1.54) is 10.4 Å². The molecule has 0 aliphatic carbocycles. The maximum absolute atomic E-state index is 10.1. The monoisotopic (exact) mass is 439 g/mol. The van der Waals surface area contributed by atoms with Gasteiger partial charge in [-0.2, -0.15) is 5.10 Å². The van der Waals surface area contributed by atoms with Crippen molar-refractivity contribution in [1.82, 2.24) is 24.6 Å². The Bertz CT molecular complexity index is 1090. The summed E-state index contributed by atoms with van der Waals surface area (Å²) in [5.41, 5.74) is 2.74. The summed E-state index contributed by atoms with van der Waals surface area (Å²) in [4.78, 5) is 13.0. The first-order valence-electron chi connectivity index (χ1n) is 10.9. The molecule has 31 heavy (non-hydrogen) atoms. The fourth-order valence-electron chi connectivity index (χ4n) is 4.43. The van der Waals surface area contributed by atoms with Crippen molar-refractivity contribution in [2.75, 3.05) is 26.2 Å². The van der Waals surface area contributed by atoms with E-state index in [0.717, 1.165) is 47.3 Å². The van der Waals surface area contributed by atoms with Crippen LogP contribution in [0.15, 0.2) is 24.5 Å². The maximum Gasteiger partial charge on any atom is 0.187 e. The van der Waals surface area contributed by atoms with Crippen molar-refractivity contribution < 1.29 is 9.84 Å². The Morgan fingerprint density at radius 2 is 2.10 bits per heavy atom. The third-order valence-corrected chi connectivity index (χ3v) is 6.95. The number of aromatic nitrogens is 4. The zero-order chi connectivity index (χ0) is 21.8. The molecule has 0 bridgehead atoms. The molecule has 1 fully saturated rings. The van der Waals surface area contributed by atoms with Gasteiger partial charge in [-0.1, -0.05) is 6.07 Å². The second-order valence-electron chi connectivity index (χ2n) is 9.47. The van der Waals surface area contributed by atoms with Gasteiger partial charge in [0, 0.05) is 48.5 Å². The van der Waals surface area contributed by atoms with Crippen molar-refractivity contribution in [2.24, 2.45) is 0 Å². The number of thiazole rings is 1. The van der Waals surface area contributed by atoms with Gasteiger partial charge in [0.15, 0.2) is 10.8 Å². The van der Waals surface area contributed by atoms with E-state index in [1.54, 1.807) is 17.7 Å². The van der Waals surface area contributed by atoms with Crippen LogP contribution in [0.1, 0.15) is 50.1 Å². The SMILES string of the molecule is CC(C)n1ncnc1-c1nc2c(s1)CCOc1ccc(C3CN(CC(C)(C)O)C3)cc1-2. The molecule has 4 heterocycles. The van der Waals surface area contributed by atoms with Gasteiger partial charge < -0.3 is 9.84 Å². The molecule has 7 nitrogen and oxygen atoms in total. The van der Waals surface area contributed by atoms with Gasteiger partial charge in [0.2, 0.25) is 0 Å². The lowest BCUT2D eigenvalue weighted by Gasteiger charge is -2.42. The van der Waals surface area contributed by atoms with Crippen molar-refractivity contribution in [2.45, 2.75) is 51.7 Å². The first-order chi connectivity index (χ1) is 14.8. The number of aliphatic hydroxyl groups is 1. The Balaban J connectivity index is 1.45. The van der Waals surface area contributed by atoms with Gasteiger partial charge in [0.25, 0.3) is 0 Å². The van der Waals surface area contributed by atoms with Crippen LogP contribution in [0.2, 0.25) is 0 Å². The second-order valence-corrected chi connectivity index (χ2v) is 10.6. The summed E-state index contributed by atoms with van der Waals surface area (Å²) in [5, 5.41) is 15.4. The molecule has 2 aliphatic heterocycles. The summed E-state index contributed by atoms with van der Waals surface area (Å²) in [7, 11) is 0. The Morgan fingerprint density at radius 3 is 2.84 bits per heavy atom. The van der Waals surface area contributed by atoms with E-state index in [9.17, 15) is 5.11 Å². The topological polar surface area (TPSA) is 76.3 Å². The average molecular weight is 440 g/mol. The number of rotatable bonds is 5. The van der Waals surface area contributed by atoms with Crippen LogP contribution in [0.25, 0.3) is 22.1 Å². The molecule has 2 aromatic heterocycles. The van der Waals surface area contributed by atoms with Crippen LogP contribution in [0, 0.1) is 0 Å². The van der Waals surface area contributed by atoms with E-state index in [1.807, 2.05) is 18.5 Å². The fraction of sp³-hybridized carbons (Fsp3) is 0.522. The quantitative estimate of drug-likeness (QED) is 0.652. The van der Waals surface area contributed by atoms with Crippen molar-refractivity contribution in [3.63, 3.8) is 0 Å². The van der Waals surface area contributed by atoms with E-state index in [4.69, 9.17) is 9.72 Å². The van der Waals surface area contributed by atoms with Crippen LogP contribution in [0.5, 0.6) is 5.75 Å². The summed E-state index contributed by atoms with van der Waals surface area (Å²) >= 11 is 1.69. The van der Waals surface area contributed by atoms with Crippen LogP contribution in [-0.2, 0) is 6.42 Å². The fourth-order valence-corrected chi connectivity index (χ4v) is 5.48. The number of hydrogen-bond donors (Lipinski definition) is 1. The second kappa shape index (κ2) is 7.69. The number of nitrogens with zero attached hydrogens (tertiary/aromatic N) is 5. The molecule has 0 spiro atoms. The minimum absolute atomic E-state index is 0.230. The van der Waals surface area contributed by atoms with Gasteiger partial charge in [-0.05, 0) is 45.4 Å². The van der Waals surface area contributed by atoms with Gasteiger partial charge >= 0.3 is 0 Å². The molecule has 0 saturated carbocycles. The summed E-state index contributed by atoms with van der Waals surface area (Å²) < 4.78 is 7.97. The molecule has 0 amide bonds. The highest BCUT2D eigenvalue weighted by molar-refractivity contribution is 7.15. The van der Waals surface area contributed by atoms with E-state index in [-0.39, 0.29) is 6.04 Å². The highest BCUT2D eigenvalue weighted by atomic mass is 32.1. The number of ether oxygens (including phenoxy) is 1. The molecule has 1 N–H and O–H groups in total. The molecule has 1 aromatic carbocycles. The summed E-state index contributed by atoms with van der Waals surface area (Å²) in [6, 6.07) is 6.75. The minimum Gasteiger partial charge on any atom is -0.493 e. The van der Waals surface area contributed by atoms with Crippen molar-refractivity contribution in [3.8, 4) is 27.8 Å². The number of benzene rings is 1. The van der Waals surface area contributed by atoms with E-state index in [0.29, 0.717) is 19.1 Å². The molecular formula is C23H29N5O2S. The lowest BCUT2D eigenvalue weighted by molar-refractivity contribution is 0.00736. The number of β-amino-alcohol motifs (C(OH)–C–C–N with tert-alkyl or cyclic N) is 1. The molecule has 164 valence electrons. The zero-order valence-corrected chi connectivity index (χ0v) is 19.3. The molecule has 0 atom stereocenters. The van der Waals surface area contributed by atoms with E-state index in [2.05, 4.69) is 47.0 Å². The van der Waals surface area contributed by atoms with Crippen LogP contribution in [0.4, 0.5) is 0 Å². The van der Waals surface area contributed by atoms with Crippen molar-refractivity contribution in [1.29, 1.82) is 0 Å². The largest absolute Gasteiger partial charge is 0.493 e. The molecule has 0 unspecified atom stereocenters. The first-order valence-corrected chi connectivity index (χ1v) is 11.7. The van der Waals surface area contributed by atoms with Gasteiger partial charge in [-0.3, -0.25) is 4.90 Å². The Hall–Kier alpha value is -2.29. The molecule has 8 heteroatoms. The standard InChI is InChI=1S/C23H29N5O2S/c1-14(2)28-21(24-13-25-28)22-26-20-17-9-15(16-10-27(11-16)12-23(3,4)29)5-6-18(17)30-8-7-19(20)31-22/h5-6,9,13-14,16,29H,7-8,10-12H2,1-4H3. The Morgan fingerprint density at radius 1 is 1.29 bits per heavy atom. The molecule has 2 aliphatic rings. The third kappa shape index (κ3) is 4.00. The van der Waals surface area contributed by atoms with E-state index < -0.39 is 5.60 Å². The third-order valence-electron chi connectivity index (χ3n) is 5.84. The predicted molar refractivity (Wildman–Crippen MR) is 122 cm³/mol. The summed E-state index contributed by atoms with van der Waals surface area (Å²) in [6.07, 6.45) is 2.45. The summed E-state index contributed by atoms with van der Waals surface area (Å²) in [6.45, 7) is 11.2. The van der Waals surface area contributed by atoms with Gasteiger partial charge in [0.05, 0.1) is 17.9 Å². The van der Waals surface area contributed by atoms with Crippen LogP contribution >= 0.6 is 11.3 Å². The average Bonchev–Trinajstić information content (AvgIpc) is 3.28. The van der Waals surface area contributed by atoms with Gasteiger partial charge in [-0.25, -0.2) is 14.6 Å². The lowest BCUT2D eigenvalue weighted by Crippen LogP contribution is -2.50. The number of fused-ring (bicyclic) bond motifs is 3. The smallest absolute Gasteiger partial charge is 0.187 e. The van der Waals surface area contributed by atoms with E-state index >= 15 is 0 Å². The van der Waals surface area contributed by atoms with Crippen molar-refractivity contribution in [3.05, 3.63) is 35.0 Å². The van der Waals surface area contributed by atoms with Crippen LogP contribution in [-0.4, -0.2) is 61.6 Å². The normalized spacial score (nSPS) is 17.1. The van der Waals surface area contributed by atoms with Crippen LogP contribution in [0.3, 0.4) is 0 Å². The minimum atomic E-state index is -0.658. The highest BCUT2D eigenvalue weighted by Crippen LogP contribution is 2.42. The highest BCUT2D eigenvalue weighted by Gasteiger charge is 2.32. The summed E-state index contributed by atoms with van der Waals surface area (Å²) in [5.74, 6) is 2.20. The number of hydrogen-bond acceptors (Lipinski definition) is 7. The molecule has 1 saturated heterocycles. The number of likely N-dealkylation sites (tertiary alicyclic amines) is 1. The molecule has 3 aromatic rings. The maximum atomic E-state index is 10.1. The predicted octanol–water partition coefficient (Wildman–Crippen LogP) is 3.75. The molecule has 5 rings (SSSR count). The van der Waals surface area contributed by atoms with Gasteiger partial charge in [0.1, 0.15) is 12.1 Å². The Kier molecular flexibility index (Phi) is 5.11. The lowest BCUT2D eigenvalue weighted by atomic mass is 9.88. The molecular weight excluding hydrogens is 410 g/mol. The molecule has 0 radical (unpaired) electrons. The van der Waals surface area contributed by atoms with Gasteiger partial charge in [-0.15, -0.1) is 11.3 Å². The Labute approximate surface area is 186 Å². The van der Waals surface area contributed by atoms with Crippen molar-refractivity contribution >= 4 is 11.3 Å².